The number of urea groups is 1. The number of likely N-dealkylation sites (tertiary alicyclic amines) is 1. The van der Waals surface area contributed by atoms with Crippen LogP contribution in [0.2, 0.25) is 5.15 Å². The molecule has 1 aromatic carbocycles. The summed E-state index contributed by atoms with van der Waals surface area (Å²) in [6.07, 6.45) is 4.23. The van der Waals surface area contributed by atoms with Gasteiger partial charge in [0.25, 0.3) is 0 Å². The quantitative estimate of drug-likeness (QED) is 0.487. The number of nitrogens with zero attached hydrogens (tertiary/aromatic N) is 7. The van der Waals surface area contributed by atoms with Crippen molar-refractivity contribution in [3.8, 4) is 0 Å². The smallest absolute Gasteiger partial charge is 0.320 e. The highest BCUT2D eigenvalue weighted by molar-refractivity contribution is 6.32. The number of ketones is 1. The molecule has 4 heterocycles. The van der Waals surface area contributed by atoms with Gasteiger partial charge >= 0.3 is 6.03 Å². The normalized spacial score (nSPS) is 17.9. The monoisotopic (exact) mass is 506 g/mol. The highest BCUT2D eigenvalue weighted by atomic mass is 35.5. The maximum atomic E-state index is 13.9. The lowest BCUT2D eigenvalue weighted by molar-refractivity contribution is -0.113. The van der Waals surface area contributed by atoms with Crippen molar-refractivity contribution in [1.29, 1.82) is 0 Å². The summed E-state index contributed by atoms with van der Waals surface area (Å²) < 4.78 is 1.60. The van der Waals surface area contributed by atoms with E-state index in [2.05, 4.69) is 26.9 Å². The molecule has 0 radical (unpaired) electrons. The number of amides is 2. The van der Waals surface area contributed by atoms with Crippen LogP contribution >= 0.6 is 11.6 Å². The first kappa shape index (κ1) is 24.0. The molecular weight excluding hydrogens is 480 g/mol. The van der Waals surface area contributed by atoms with E-state index >= 15 is 0 Å². The van der Waals surface area contributed by atoms with Crippen LogP contribution in [-0.2, 0) is 18.4 Å². The average molecular weight is 507 g/mol. The SMILES string of the molecule is C=C(CN1CC[C@H](N2C(=O)N(c3ccccc3)Cc3cnc(Nc4cn(C)nc4Cl)nc32)C1)C(C)=O. The van der Waals surface area contributed by atoms with E-state index in [9.17, 15) is 9.59 Å². The summed E-state index contributed by atoms with van der Waals surface area (Å²) in [5.41, 5.74) is 2.79. The maximum absolute atomic E-state index is 13.9. The lowest BCUT2D eigenvalue weighted by Crippen LogP contribution is -2.53. The number of fused-ring (bicyclic) bond motifs is 1. The Bertz CT molecular complexity index is 1320. The number of rotatable bonds is 7. The van der Waals surface area contributed by atoms with Crippen molar-refractivity contribution in [2.45, 2.75) is 25.9 Å². The zero-order chi connectivity index (χ0) is 25.4. The number of carbonyl (C=O) groups excluding carboxylic acids is 2. The minimum Gasteiger partial charge on any atom is -0.320 e. The van der Waals surface area contributed by atoms with E-state index < -0.39 is 0 Å². The fraction of sp³-hybridized carbons (Fsp3) is 0.320. The number of anilines is 4. The van der Waals surface area contributed by atoms with Crippen molar-refractivity contribution in [3.63, 3.8) is 0 Å². The lowest BCUT2D eigenvalue weighted by Gasteiger charge is -2.39. The summed E-state index contributed by atoms with van der Waals surface area (Å²) in [5, 5.41) is 7.54. The molecule has 2 aliphatic rings. The van der Waals surface area contributed by atoms with Crippen LogP contribution in [0.5, 0.6) is 0 Å². The number of halogens is 1. The molecule has 186 valence electrons. The van der Waals surface area contributed by atoms with Gasteiger partial charge in [0.2, 0.25) is 5.95 Å². The maximum Gasteiger partial charge on any atom is 0.330 e. The van der Waals surface area contributed by atoms with Crippen LogP contribution in [0.15, 0.2) is 54.9 Å². The minimum absolute atomic E-state index is 0.0226. The number of hydrogen-bond donors (Lipinski definition) is 1. The second-order valence-electron chi connectivity index (χ2n) is 9.09. The summed E-state index contributed by atoms with van der Waals surface area (Å²) in [5.74, 6) is 0.877. The zero-order valence-corrected chi connectivity index (χ0v) is 20.9. The Morgan fingerprint density at radius 1 is 1.28 bits per heavy atom. The van der Waals surface area contributed by atoms with Gasteiger partial charge < -0.3 is 5.32 Å². The Morgan fingerprint density at radius 3 is 2.75 bits per heavy atom. The first-order chi connectivity index (χ1) is 17.3. The van der Waals surface area contributed by atoms with E-state index in [1.54, 1.807) is 33.9 Å². The van der Waals surface area contributed by atoms with Crippen LogP contribution in [0.3, 0.4) is 0 Å². The van der Waals surface area contributed by atoms with Crippen molar-refractivity contribution < 1.29 is 9.59 Å². The number of aryl methyl sites for hydroxylation is 1. The van der Waals surface area contributed by atoms with Crippen LogP contribution in [0.4, 0.5) is 27.9 Å². The van der Waals surface area contributed by atoms with Crippen LogP contribution in [0.25, 0.3) is 0 Å². The summed E-state index contributed by atoms with van der Waals surface area (Å²) >= 11 is 6.20. The molecule has 36 heavy (non-hydrogen) atoms. The summed E-state index contributed by atoms with van der Waals surface area (Å²) in [7, 11) is 1.77. The first-order valence-corrected chi connectivity index (χ1v) is 12.1. The van der Waals surface area contributed by atoms with Crippen molar-refractivity contribution in [2.75, 3.05) is 34.8 Å². The van der Waals surface area contributed by atoms with Crippen LogP contribution < -0.4 is 15.1 Å². The number of Topliss-reactive ketones (excluding diaryl/α,β-unsaturated/α-hetero) is 1. The molecule has 1 saturated heterocycles. The third-order valence-corrected chi connectivity index (χ3v) is 6.74. The lowest BCUT2D eigenvalue weighted by atomic mass is 10.1. The third-order valence-electron chi connectivity index (χ3n) is 6.46. The number of carbonyl (C=O) groups is 2. The molecule has 2 aromatic heterocycles. The molecule has 1 atom stereocenters. The Balaban J connectivity index is 1.48. The molecule has 0 bridgehead atoms. The van der Waals surface area contributed by atoms with Gasteiger partial charge in [-0.3, -0.25) is 24.2 Å². The van der Waals surface area contributed by atoms with Crippen LogP contribution in [-0.4, -0.2) is 62.1 Å². The average Bonchev–Trinajstić information content (AvgIpc) is 3.44. The highest BCUT2D eigenvalue weighted by Crippen LogP contribution is 2.35. The molecule has 0 spiro atoms. The molecule has 10 nitrogen and oxygen atoms in total. The Kier molecular flexibility index (Phi) is 6.46. The van der Waals surface area contributed by atoms with Gasteiger partial charge in [-0.05, 0) is 25.5 Å². The number of para-hydroxylation sites is 1. The fourth-order valence-corrected chi connectivity index (χ4v) is 4.80. The van der Waals surface area contributed by atoms with E-state index in [4.69, 9.17) is 16.6 Å². The minimum atomic E-state index is -0.144. The van der Waals surface area contributed by atoms with E-state index in [0.29, 0.717) is 47.8 Å². The van der Waals surface area contributed by atoms with Gasteiger partial charge in [0.15, 0.2) is 10.9 Å². The van der Waals surface area contributed by atoms with E-state index in [0.717, 1.165) is 24.2 Å². The topological polar surface area (TPSA) is 99.5 Å². The van der Waals surface area contributed by atoms with Gasteiger partial charge in [-0.15, -0.1) is 0 Å². The molecule has 1 N–H and O–H groups in total. The molecule has 5 rings (SSSR count). The summed E-state index contributed by atoms with van der Waals surface area (Å²) in [6, 6.07) is 9.32. The molecule has 0 aliphatic carbocycles. The van der Waals surface area contributed by atoms with Gasteiger partial charge in [0.05, 0.1) is 18.3 Å². The van der Waals surface area contributed by atoms with Gasteiger partial charge in [-0.25, -0.2) is 9.78 Å². The van der Waals surface area contributed by atoms with Crippen LogP contribution in [0.1, 0.15) is 18.9 Å². The number of benzene rings is 1. The molecule has 0 unspecified atom stereocenters. The number of hydrogen-bond acceptors (Lipinski definition) is 7. The Morgan fingerprint density at radius 2 is 2.06 bits per heavy atom. The Labute approximate surface area is 214 Å². The van der Waals surface area contributed by atoms with Gasteiger partial charge in [0, 0.05) is 55.9 Å². The van der Waals surface area contributed by atoms with Gasteiger partial charge in [0.1, 0.15) is 5.82 Å². The van der Waals surface area contributed by atoms with Gasteiger partial charge in [-0.2, -0.15) is 10.1 Å². The van der Waals surface area contributed by atoms with Crippen molar-refractivity contribution in [2.24, 2.45) is 7.05 Å². The van der Waals surface area contributed by atoms with E-state index in [1.165, 1.54) is 6.92 Å². The first-order valence-electron chi connectivity index (χ1n) is 11.7. The van der Waals surface area contributed by atoms with Crippen molar-refractivity contribution in [1.82, 2.24) is 24.6 Å². The fourth-order valence-electron chi connectivity index (χ4n) is 4.59. The van der Waals surface area contributed by atoms with Crippen LogP contribution in [0, 0.1) is 0 Å². The second kappa shape index (κ2) is 9.71. The third kappa shape index (κ3) is 4.69. The Hall–Kier alpha value is -3.76. The van der Waals surface area contributed by atoms with Crippen molar-refractivity contribution >= 4 is 46.6 Å². The zero-order valence-electron chi connectivity index (χ0n) is 20.2. The van der Waals surface area contributed by atoms with Crippen molar-refractivity contribution in [3.05, 3.63) is 65.6 Å². The number of nitrogens with one attached hydrogen (secondary N) is 1. The molecule has 1 fully saturated rings. The summed E-state index contributed by atoms with van der Waals surface area (Å²) in [4.78, 5) is 40.5. The molecule has 11 heteroatoms. The molecule has 2 amide bonds. The molecular formula is C25H27ClN8O2. The van der Waals surface area contributed by atoms with Gasteiger partial charge in [-0.1, -0.05) is 36.4 Å². The highest BCUT2D eigenvalue weighted by Gasteiger charge is 2.40. The summed E-state index contributed by atoms with van der Waals surface area (Å²) in [6.45, 7) is 7.63. The van der Waals surface area contributed by atoms with E-state index in [1.807, 2.05) is 30.3 Å². The molecule has 2 aliphatic heterocycles. The predicted molar refractivity (Wildman–Crippen MR) is 139 cm³/mol. The molecule has 0 saturated carbocycles. The second-order valence-corrected chi connectivity index (χ2v) is 9.44. The number of aromatic nitrogens is 4. The van der Waals surface area contributed by atoms with E-state index in [-0.39, 0.29) is 17.9 Å². The largest absolute Gasteiger partial charge is 0.330 e. The standard InChI is InChI=1S/C25H27ClN8O2/c1-16(17(2)35)12-32-10-9-20(14-32)34-23-18(13-33(25(34)36)19-7-5-4-6-8-19)11-27-24(29-23)28-21-15-31(3)30-22(21)26/h4-8,11,15,20H,1,9-10,12-14H2,2-3H3,(H,27,28,29)/t20-/m0/s1. The predicted octanol–water partition coefficient (Wildman–Crippen LogP) is 3.77. The molecule has 3 aromatic rings.